The van der Waals surface area contributed by atoms with Crippen LogP contribution in [0.5, 0.6) is 5.75 Å². The van der Waals surface area contributed by atoms with Gasteiger partial charge in [0.1, 0.15) is 11.4 Å². The molecule has 1 heterocycles. The van der Waals surface area contributed by atoms with Gasteiger partial charge in [0.2, 0.25) is 5.91 Å². The number of hydrogen-bond donors (Lipinski definition) is 2. The molecule has 1 aliphatic rings. The fourth-order valence-corrected chi connectivity index (χ4v) is 4.18. The van der Waals surface area contributed by atoms with E-state index in [1.165, 1.54) is 7.11 Å². The smallest absolute Gasteiger partial charge is 0.320 e. The maximum Gasteiger partial charge on any atom is 0.320 e. The summed E-state index contributed by atoms with van der Waals surface area (Å²) in [6.45, 7) is 5.56. The highest BCUT2D eigenvalue weighted by atomic mass is 19.1. The van der Waals surface area contributed by atoms with E-state index in [1.54, 1.807) is 26.0 Å². The van der Waals surface area contributed by atoms with Crippen molar-refractivity contribution in [2.24, 2.45) is 11.8 Å². The molecule has 3 rings (SSSR count). The minimum Gasteiger partial charge on any atom is -0.493 e. The van der Waals surface area contributed by atoms with E-state index in [0.717, 1.165) is 42.8 Å². The van der Waals surface area contributed by atoms with E-state index in [0.29, 0.717) is 24.8 Å². The van der Waals surface area contributed by atoms with Crippen LogP contribution in [0.2, 0.25) is 0 Å². The molecule has 0 aliphatic carbocycles. The summed E-state index contributed by atoms with van der Waals surface area (Å²) >= 11 is 0. The second-order valence-corrected chi connectivity index (χ2v) is 9.60. The molecule has 2 N–H and O–H groups in total. The van der Waals surface area contributed by atoms with Crippen LogP contribution in [0.25, 0.3) is 11.1 Å². The maximum atomic E-state index is 13.8. The molecule has 1 atom stereocenters. The first-order valence-corrected chi connectivity index (χ1v) is 11.9. The number of nitrogens with one attached hydrogen (secondary N) is 1. The Hall–Kier alpha value is -2.97. The van der Waals surface area contributed by atoms with Crippen molar-refractivity contribution < 1.29 is 28.6 Å². The quantitative estimate of drug-likeness (QED) is 0.391. The molecule has 190 valence electrons. The predicted octanol–water partition coefficient (Wildman–Crippen LogP) is 3.91. The molecular formula is C27H35FN2O5. The molecule has 1 fully saturated rings. The van der Waals surface area contributed by atoms with Crippen molar-refractivity contribution in [1.82, 2.24) is 4.90 Å². The SMILES string of the molecule is COC(=O)[C@H](CO)C(=O)Nc1ccc(-c2ccc(OCC3CCN(CC(C)(C)F)CC3)cc2)cc1. The number of halogens is 1. The molecule has 2 aromatic carbocycles. The van der Waals surface area contributed by atoms with E-state index in [2.05, 4.69) is 15.0 Å². The summed E-state index contributed by atoms with van der Waals surface area (Å²) in [6, 6.07) is 15.0. The van der Waals surface area contributed by atoms with Crippen LogP contribution in [0.1, 0.15) is 26.7 Å². The van der Waals surface area contributed by atoms with Gasteiger partial charge in [-0.05, 0) is 81.1 Å². The summed E-state index contributed by atoms with van der Waals surface area (Å²) in [6.07, 6.45) is 2.02. The van der Waals surface area contributed by atoms with Crippen LogP contribution in [0, 0.1) is 11.8 Å². The number of aliphatic hydroxyl groups is 1. The number of benzene rings is 2. The van der Waals surface area contributed by atoms with Crippen molar-refractivity contribution >= 4 is 17.6 Å². The minimum atomic E-state index is -1.26. The third kappa shape index (κ3) is 8.04. The van der Waals surface area contributed by atoms with E-state index >= 15 is 0 Å². The summed E-state index contributed by atoms with van der Waals surface area (Å²) in [4.78, 5) is 25.9. The number of carbonyl (C=O) groups is 2. The van der Waals surface area contributed by atoms with Gasteiger partial charge >= 0.3 is 5.97 Å². The van der Waals surface area contributed by atoms with Crippen molar-refractivity contribution in [2.75, 3.05) is 45.3 Å². The summed E-state index contributed by atoms with van der Waals surface area (Å²) in [5, 5.41) is 11.9. The maximum absolute atomic E-state index is 13.8. The van der Waals surface area contributed by atoms with E-state index in [-0.39, 0.29) is 0 Å². The van der Waals surface area contributed by atoms with Gasteiger partial charge in [-0.25, -0.2) is 4.39 Å². The van der Waals surface area contributed by atoms with E-state index in [9.17, 15) is 19.1 Å². The normalized spacial score (nSPS) is 15.9. The Labute approximate surface area is 206 Å². The van der Waals surface area contributed by atoms with Gasteiger partial charge in [0, 0.05) is 12.2 Å². The van der Waals surface area contributed by atoms with Crippen LogP contribution < -0.4 is 10.1 Å². The highest BCUT2D eigenvalue weighted by Crippen LogP contribution is 2.26. The number of methoxy groups -OCH3 is 1. The second kappa shape index (κ2) is 12.1. The monoisotopic (exact) mass is 486 g/mol. The summed E-state index contributed by atoms with van der Waals surface area (Å²) < 4.78 is 24.4. The van der Waals surface area contributed by atoms with Gasteiger partial charge in [0.15, 0.2) is 5.92 Å². The molecule has 8 heteroatoms. The number of ether oxygens (including phenoxy) is 2. The van der Waals surface area contributed by atoms with Gasteiger partial charge in [0.25, 0.3) is 0 Å². The molecule has 1 aliphatic heterocycles. The number of nitrogens with zero attached hydrogens (tertiary/aromatic N) is 1. The van der Waals surface area contributed by atoms with Gasteiger partial charge < -0.3 is 24.8 Å². The Morgan fingerprint density at radius 1 is 1.09 bits per heavy atom. The third-order valence-corrected chi connectivity index (χ3v) is 6.12. The zero-order valence-electron chi connectivity index (χ0n) is 20.6. The number of piperidine rings is 1. The molecule has 1 amide bonds. The van der Waals surface area contributed by atoms with Crippen molar-refractivity contribution in [3.05, 3.63) is 48.5 Å². The van der Waals surface area contributed by atoms with Gasteiger partial charge in [0.05, 0.1) is 20.3 Å². The Morgan fingerprint density at radius 3 is 2.17 bits per heavy atom. The third-order valence-electron chi connectivity index (χ3n) is 6.12. The lowest BCUT2D eigenvalue weighted by atomic mass is 9.97. The lowest BCUT2D eigenvalue weighted by molar-refractivity contribution is -0.150. The average Bonchev–Trinajstić information content (AvgIpc) is 2.84. The first-order chi connectivity index (χ1) is 16.7. The topological polar surface area (TPSA) is 88.1 Å². The van der Waals surface area contributed by atoms with Crippen LogP contribution in [-0.4, -0.2) is 67.5 Å². The number of likely N-dealkylation sites (tertiary alicyclic amines) is 1. The highest BCUT2D eigenvalue weighted by molar-refractivity contribution is 6.04. The van der Waals surface area contributed by atoms with Crippen LogP contribution in [0.3, 0.4) is 0 Å². The van der Waals surface area contributed by atoms with Crippen LogP contribution in [-0.2, 0) is 14.3 Å². The summed E-state index contributed by atoms with van der Waals surface area (Å²) in [7, 11) is 1.17. The molecule has 35 heavy (non-hydrogen) atoms. The van der Waals surface area contributed by atoms with Crippen molar-refractivity contribution in [3.8, 4) is 16.9 Å². The largest absolute Gasteiger partial charge is 0.493 e. The van der Waals surface area contributed by atoms with Crippen LogP contribution >= 0.6 is 0 Å². The Kier molecular flexibility index (Phi) is 9.23. The molecule has 2 aromatic rings. The van der Waals surface area contributed by atoms with E-state index in [4.69, 9.17) is 4.74 Å². The number of aliphatic hydroxyl groups excluding tert-OH is 1. The molecular weight excluding hydrogens is 451 g/mol. The predicted molar refractivity (Wildman–Crippen MR) is 133 cm³/mol. The summed E-state index contributed by atoms with van der Waals surface area (Å²) in [5.41, 5.74) is 1.32. The fourth-order valence-electron chi connectivity index (χ4n) is 4.18. The second-order valence-electron chi connectivity index (χ2n) is 9.60. The summed E-state index contributed by atoms with van der Waals surface area (Å²) in [5.74, 6) is -1.38. The van der Waals surface area contributed by atoms with Gasteiger partial charge in [-0.3, -0.25) is 9.59 Å². The lowest BCUT2D eigenvalue weighted by Gasteiger charge is -2.34. The highest BCUT2D eigenvalue weighted by Gasteiger charge is 2.27. The van der Waals surface area contributed by atoms with Gasteiger partial charge in [-0.15, -0.1) is 0 Å². The van der Waals surface area contributed by atoms with Crippen LogP contribution in [0.15, 0.2) is 48.5 Å². The first kappa shape index (κ1) is 26.6. The Morgan fingerprint density at radius 2 is 1.66 bits per heavy atom. The zero-order chi connectivity index (χ0) is 25.4. The number of rotatable bonds is 10. The number of alkyl halides is 1. The zero-order valence-corrected chi connectivity index (χ0v) is 20.6. The molecule has 7 nitrogen and oxygen atoms in total. The molecule has 1 saturated heterocycles. The lowest BCUT2D eigenvalue weighted by Crippen LogP contribution is -2.41. The van der Waals surface area contributed by atoms with Gasteiger partial charge in [-0.1, -0.05) is 24.3 Å². The van der Waals surface area contributed by atoms with E-state index in [1.807, 2.05) is 36.4 Å². The number of hydrogen-bond acceptors (Lipinski definition) is 6. The Bertz CT molecular complexity index is 965. The molecule has 0 spiro atoms. The molecule has 0 saturated carbocycles. The molecule has 0 unspecified atom stereocenters. The first-order valence-electron chi connectivity index (χ1n) is 11.9. The number of esters is 1. The number of carbonyl (C=O) groups excluding carboxylic acids is 2. The molecule has 0 bridgehead atoms. The minimum absolute atomic E-state index is 0.473. The number of anilines is 1. The van der Waals surface area contributed by atoms with Crippen molar-refractivity contribution in [2.45, 2.75) is 32.4 Å². The Balaban J connectivity index is 1.48. The van der Waals surface area contributed by atoms with E-state index < -0.39 is 30.1 Å². The van der Waals surface area contributed by atoms with Crippen LogP contribution in [0.4, 0.5) is 10.1 Å². The van der Waals surface area contributed by atoms with Crippen molar-refractivity contribution in [3.63, 3.8) is 0 Å². The number of amides is 1. The van der Waals surface area contributed by atoms with Crippen molar-refractivity contribution in [1.29, 1.82) is 0 Å². The fraction of sp³-hybridized carbons (Fsp3) is 0.481. The van der Waals surface area contributed by atoms with Gasteiger partial charge in [-0.2, -0.15) is 0 Å². The standard InChI is InChI=1S/C27H35FN2O5/c1-27(2,28)18-30-14-12-19(13-15-30)17-35-23-10-6-21(7-11-23)20-4-8-22(9-5-20)29-25(32)24(16-31)26(33)34-3/h4-11,19,24,31H,12-18H2,1-3H3,(H,29,32)/t24-/m1/s1. The molecule has 0 aromatic heterocycles. The average molecular weight is 487 g/mol. The molecule has 0 radical (unpaired) electrons.